The smallest absolute Gasteiger partial charge is 0.202 e. The maximum Gasteiger partial charge on any atom is 0.202 e. The van der Waals surface area contributed by atoms with E-state index in [1.807, 2.05) is 36.6 Å². The van der Waals surface area contributed by atoms with Gasteiger partial charge in [0.25, 0.3) is 0 Å². The van der Waals surface area contributed by atoms with E-state index in [1.165, 1.54) is 4.88 Å². The SMILES string of the molecule is Cc1cn2c(/C=C/C(=O)c3ccc[nH]3)c(C)nc2s1. The van der Waals surface area contributed by atoms with Gasteiger partial charge in [0.2, 0.25) is 5.78 Å². The molecule has 0 atom stereocenters. The zero-order valence-electron chi connectivity index (χ0n) is 10.7. The molecule has 0 spiro atoms. The third-order valence-corrected chi connectivity index (χ3v) is 3.82. The molecule has 3 aromatic heterocycles. The van der Waals surface area contributed by atoms with Crippen LogP contribution in [0, 0.1) is 13.8 Å². The van der Waals surface area contributed by atoms with E-state index in [1.54, 1.807) is 29.7 Å². The molecule has 0 saturated carbocycles. The van der Waals surface area contributed by atoms with Gasteiger partial charge in [-0.1, -0.05) is 0 Å². The Kier molecular flexibility index (Phi) is 2.83. The van der Waals surface area contributed by atoms with Gasteiger partial charge in [0, 0.05) is 17.3 Å². The van der Waals surface area contributed by atoms with Gasteiger partial charge >= 0.3 is 0 Å². The van der Waals surface area contributed by atoms with E-state index in [-0.39, 0.29) is 5.78 Å². The van der Waals surface area contributed by atoms with Gasteiger partial charge in [-0.05, 0) is 38.1 Å². The van der Waals surface area contributed by atoms with Crippen LogP contribution < -0.4 is 0 Å². The normalized spacial score (nSPS) is 11.7. The zero-order valence-corrected chi connectivity index (χ0v) is 11.5. The number of ketones is 1. The fourth-order valence-electron chi connectivity index (χ4n) is 2.01. The number of rotatable bonds is 3. The van der Waals surface area contributed by atoms with E-state index < -0.39 is 0 Å². The van der Waals surface area contributed by atoms with Crippen LogP contribution in [0.15, 0.2) is 30.6 Å². The highest BCUT2D eigenvalue weighted by Crippen LogP contribution is 2.21. The number of aromatic amines is 1. The van der Waals surface area contributed by atoms with Gasteiger partial charge in [-0.25, -0.2) is 4.98 Å². The first-order valence-electron chi connectivity index (χ1n) is 5.96. The van der Waals surface area contributed by atoms with E-state index in [0.717, 1.165) is 16.3 Å². The van der Waals surface area contributed by atoms with Gasteiger partial charge in [0.05, 0.1) is 17.1 Å². The first-order chi connectivity index (χ1) is 9.15. The number of hydrogen-bond donors (Lipinski definition) is 1. The fourth-order valence-corrected chi connectivity index (χ4v) is 2.89. The van der Waals surface area contributed by atoms with E-state index in [9.17, 15) is 4.79 Å². The maximum atomic E-state index is 11.9. The minimum Gasteiger partial charge on any atom is -0.359 e. The van der Waals surface area contributed by atoms with Crippen LogP contribution >= 0.6 is 11.3 Å². The number of imidazole rings is 1. The minimum absolute atomic E-state index is 0.0358. The molecule has 3 aromatic rings. The molecule has 4 nitrogen and oxygen atoms in total. The van der Waals surface area contributed by atoms with E-state index in [0.29, 0.717) is 5.69 Å². The third-order valence-electron chi connectivity index (χ3n) is 2.92. The highest BCUT2D eigenvalue weighted by Gasteiger charge is 2.09. The molecule has 0 aromatic carbocycles. The number of carbonyl (C=O) groups is 1. The van der Waals surface area contributed by atoms with Gasteiger partial charge in [-0.3, -0.25) is 9.20 Å². The summed E-state index contributed by atoms with van der Waals surface area (Å²) in [4.78, 5) is 21.5. The van der Waals surface area contributed by atoms with Crippen molar-refractivity contribution in [2.45, 2.75) is 13.8 Å². The van der Waals surface area contributed by atoms with Gasteiger partial charge in [0.1, 0.15) is 0 Å². The Morgan fingerprint density at radius 2 is 2.32 bits per heavy atom. The molecule has 19 heavy (non-hydrogen) atoms. The number of carbonyl (C=O) groups excluding carboxylic acids is 1. The minimum atomic E-state index is -0.0358. The molecule has 0 radical (unpaired) electrons. The predicted octanol–water partition coefficient (Wildman–Crippen LogP) is 3.24. The third kappa shape index (κ3) is 2.13. The monoisotopic (exact) mass is 271 g/mol. The molecular weight excluding hydrogens is 258 g/mol. The van der Waals surface area contributed by atoms with Crippen molar-refractivity contribution in [1.29, 1.82) is 0 Å². The van der Waals surface area contributed by atoms with Crippen LogP contribution in [-0.2, 0) is 0 Å². The molecule has 0 unspecified atom stereocenters. The molecule has 1 N–H and O–H groups in total. The van der Waals surface area contributed by atoms with Crippen molar-refractivity contribution < 1.29 is 4.79 Å². The number of allylic oxidation sites excluding steroid dienone is 1. The second-order valence-corrected chi connectivity index (χ2v) is 5.57. The first kappa shape index (κ1) is 11.9. The Morgan fingerprint density at radius 3 is 3.05 bits per heavy atom. The number of nitrogens with one attached hydrogen (secondary N) is 1. The molecule has 0 aliphatic carbocycles. The summed E-state index contributed by atoms with van der Waals surface area (Å²) < 4.78 is 2.02. The molecule has 96 valence electrons. The number of aromatic nitrogens is 3. The number of H-pyrrole nitrogens is 1. The topological polar surface area (TPSA) is 50.2 Å². The van der Waals surface area contributed by atoms with E-state index in [2.05, 4.69) is 9.97 Å². The molecule has 5 heteroatoms. The number of hydrogen-bond acceptors (Lipinski definition) is 3. The Balaban J connectivity index is 1.96. The Morgan fingerprint density at radius 1 is 1.47 bits per heavy atom. The van der Waals surface area contributed by atoms with Gasteiger partial charge in [0.15, 0.2) is 4.96 Å². The summed E-state index contributed by atoms with van der Waals surface area (Å²) in [5, 5.41) is 0. The van der Waals surface area contributed by atoms with Crippen molar-refractivity contribution in [2.75, 3.05) is 0 Å². The summed E-state index contributed by atoms with van der Waals surface area (Å²) in [6.45, 7) is 4.00. The maximum absolute atomic E-state index is 11.9. The summed E-state index contributed by atoms with van der Waals surface area (Å²) in [5.74, 6) is -0.0358. The molecule has 0 bridgehead atoms. The molecule has 0 fully saturated rings. The highest BCUT2D eigenvalue weighted by atomic mass is 32.1. The van der Waals surface area contributed by atoms with Gasteiger partial charge in [-0.15, -0.1) is 11.3 Å². The van der Waals surface area contributed by atoms with Crippen LogP contribution in [0.25, 0.3) is 11.0 Å². The summed E-state index contributed by atoms with van der Waals surface area (Å²) >= 11 is 1.65. The fraction of sp³-hybridized carbons (Fsp3) is 0.143. The lowest BCUT2D eigenvalue weighted by atomic mass is 10.2. The molecule has 0 saturated heterocycles. The number of fused-ring (bicyclic) bond motifs is 1. The van der Waals surface area contributed by atoms with Crippen molar-refractivity contribution in [2.24, 2.45) is 0 Å². The molecule has 3 rings (SSSR count). The van der Waals surface area contributed by atoms with Crippen LogP contribution in [0.5, 0.6) is 0 Å². The summed E-state index contributed by atoms with van der Waals surface area (Å²) in [7, 11) is 0. The second-order valence-electron chi connectivity index (χ2n) is 4.36. The Labute approximate surface area is 114 Å². The number of aryl methyl sites for hydroxylation is 2. The summed E-state index contributed by atoms with van der Waals surface area (Å²) in [6.07, 6.45) is 7.18. The van der Waals surface area contributed by atoms with E-state index >= 15 is 0 Å². The molecule has 0 aliphatic rings. The summed E-state index contributed by atoms with van der Waals surface area (Å²) in [5.41, 5.74) is 2.48. The van der Waals surface area contributed by atoms with Crippen LogP contribution in [0.4, 0.5) is 0 Å². The lowest BCUT2D eigenvalue weighted by Gasteiger charge is -1.93. The van der Waals surface area contributed by atoms with Gasteiger partial charge < -0.3 is 4.98 Å². The van der Waals surface area contributed by atoms with Gasteiger partial charge in [-0.2, -0.15) is 0 Å². The first-order valence-corrected chi connectivity index (χ1v) is 6.77. The van der Waals surface area contributed by atoms with Crippen LogP contribution in [0.2, 0.25) is 0 Å². The largest absolute Gasteiger partial charge is 0.359 e. The lowest BCUT2D eigenvalue weighted by molar-refractivity contribution is 0.104. The average Bonchev–Trinajstić information content (AvgIpc) is 3.03. The predicted molar refractivity (Wildman–Crippen MR) is 76.7 cm³/mol. The molecule has 0 amide bonds. The molecule has 3 heterocycles. The highest BCUT2D eigenvalue weighted by molar-refractivity contribution is 7.17. The second kappa shape index (κ2) is 4.51. The van der Waals surface area contributed by atoms with Crippen molar-refractivity contribution in [1.82, 2.24) is 14.4 Å². The Hall–Kier alpha value is -2.14. The quantitative estimate of drug-likeness (QED) is 0.587. The Bertz CT molecular complexity index is 762. The van der Waals surface area contributed by atoms with Crippen molar-refractivity contribution >= 4 is 28.2 Å². The van der Waals surface area contributed by atoms with Crippen LogP contribution in [0.3, 0.4) is 0 Å². The number of thiazole rings is 1. The lowest BCUT2D eigenvalue weighted by Crippen LogP contribution is -1.94. The zero-order chi connectivity index (χ0) is 13.4. The van der Waals surface area contributed by atoms with Crippen LogP contribution in [0.1, 0.15) is 26.8 Å². The summed E-state index contributed by atoms with van der Waals surface area (Å²) in [6, 6.07) is 3.58. The molecular formula is C14H13N3OS. The number of nitrogens with zero attached hydrogens (tertiary/aromatic N) is 2. The van der Waals surface area contributed by atoms with Crippen LogP contribution in [-0.4, -0.2) is 20.2 Å². The van der Waals surface area contributed by atoms with Crippen molar-refractivity contribution in [3.05, 3.63) is 52.6 Å². The molecule has 0 aliphatic heterocycles. The average molecular weight is 271 g/mol. The van der Waals surface area contributed by atoms with Crippen molar-refractivity contribution in [3.63, 3.8) is 0 Å². The van der Waals surface area contributed by atoms with Crippen molar-refractivity contribution in [3.8, 4) is 0 Å². The van der Waals surface area contributed by atoms with E-state index in [4.69, 9.17) is 0 Å². The standard InChI is InChI=1S/C14H13N3OS/c1-9-8-17-12(10(2)16-14(17)19-9)5-6-13(18)11-4-3-7-15-11/h3-8,15H,1-2H3/b6-5+.